The smallest absolute Gasteiger partial charge is 0.748 e. The molecule has 0 fully saturated rings. The third-order valence-electron chi connectivity index (χ3n) is 4.34. The second-order valence-corrected chi connectivity index (χ2v) is 9.60. The first-order valence-electron chi connectivity index (χ1n) is 8.66. The van der Waals surface area contributed by atoms with Gasteiger partial charge in [0.15, 0.2) is 0 Å². The van der Waals surface area contributed by atoms with E-state index in [1.165, 1.54) is 0 Å². The number of fused-ring (bicyclic) bond motifs is 2. The first kappa shape index (κ1) is 27.9. The molecule has 0 atom stereocenters. The molecule has 150 valence electrons. The number of nitrogens with zero attached hydrogens (tertiary/aromatic N) is 2. The van der Waals surface area contributed by atoms with Crippen LogP contribution >= 0.6 is 0 Å². The van der Waals surface area contributed by atoms with Crippen LogP contribution < -0.4 is 59.1 Å². The summed E-state index contributed by atoms with van der Waals surface area (Å²) in [6.07, 6.45) is 0.938. The fourth-order valence-electron chi connectivity index (χ4n) is 3.10. The number of hydrogen-bond donors (Lipinski definition) is 0. The van der Waals surface area contributed by atoms with Crippen LogP contribution in [0.15, 0.2) is 36.4 Å². The van der Waals surface area contributed by atoms with Crippen molar-refractivity contribution in [2.45, 2.75) is 25.7 Å². The van der Waals surface area contributed by atoms with E-state index in [4.69, 9.17) is 0 Å². The maximum atomic E-state index is 10.9. The average Bonchev–Trinajstić information content (AvgIpc) is 2.58. The minimum Gasteiger partial charge on any atom is -0.748 e. The predicted octanol–water partition coefficient (Wildman–Crippen LogP) is -4.25. The molecule has 0 amide bonds. The van der Waals surface area contributed by atoms with Gasteiger partial charge in [0.1, 0.15) is 0 Å². The summed E-state index contributed by atoms with van der Waals surface area (Å²) in [5, 5.41) is 0. The van der Waals surface area contributed by atoms with Crippen LogP contribution in [0.25, 0.3) is 22.1 Å². The molecular formula is C18H18N2Na2O6S2. The molecule has 1 heterocycles. The molecule has 3 aromatic rings. The molecule has 1 aromatic heterocycles. The van der Waals surface area contributed by atoms with Gasteiger partial charge in [-0.25, -0.2) is 26.8 Å². The largest absolute Gasteiger partial charge is 1.00 e. The summed E-state index contributed by atoms with van der Waals surface area (Å²) in [6, 6.07) is 10.9. The Kier molecular flexibility index (Phi) is 10.8. The Bertz CT molecular complexity index is 1140. The van der Waals surface area contributed by atoms with Crippen molar-refractivity contribution in [3.05, 3.63) is 47.5 Å². The molecule has 30 heavy (non-hydrogen) atoms. The van der Waals surface area contributed by atoms with Crippen molar-refractivity contribution in [2.24, 2.45) is 0 Å². The summed E-state index contributed by atoms with van der Waals surface area (Å²) < 4.78 is 65.2. The monoisotopic (exact) mass is 468 g/mol. The van der Waals surface area contributed by atoms with E-state index < -0.39 is 31.7 Å². The van der Waals surface area contributed by atoms with Crippen molar-refractivity contribution in [2.75, 3.05) is 11.5 Å². The second-order valence-electron chi connectivity index (χ2n) is 6.55. The van der Waals surface area contributed by atoms with Crippen LogP contribution in [0.1, 0.15) is 24.0 Å². The third-order valence-corrected chi connectivity index (χ3v) is 5.92. The van der Waals surface area contributed by atoms with E-state index in [0.717, 1.165) is 11.1 Å². The quantitative estimate of drug-likeness (QED) is 0.184. The van der Waals surface area contributed by atoms with Gasteiger partial charge in [-0.05, 0) is 61.1 Å². The summed E-state index contributed by atoms with van der Waals surface area (Å²) in [7, 11) is -8.63. The zero-order valence-corrected chi connectivity index (χ0v) is 22.5. The predicted molar refractivity (Wildman–Crippen MR) is 103 cm³/mol. The molecule has 8 nitrogen and oxygen atoms in total. The van der Waals surface area contributed by atoms with Gasteiger partial charge in [0, 0.05) is 11.5 Å². The SMILES string of the molecule is O=S(=O)([O-])CCCc1cc2nc3ccccc3nc2cc1CCCS(=O)(=O)[O-].[Na+].[Na+]. The normalized spacial score (nSPS) is 11.8. The molecule has 0 spiro atoms. The third kappa shape index (κ3) is 8.42. The molecule has 0 saturated carbocycles. The van der Waals surface area contributed by atoms with E-state index >= 15 is 0 Å². The standard InChI is InChI=1S/C18H20N2O6S2.2Na/c21-27(22,23)9-3-5-13-11-17-18(12-14(13)6-4-10-28(24,25)26)20-16-8-2-1-7-15(16)19-17;;/h1-2,7-8,11-12H,3-6,9-10H2,(H,21,22,23)(H,24,25,26);;/q;2*+1/p-2. The zero-order valence-electron chi connectivity index (χ0n) is 16.9. The Balaban J connectivity index is 0.00000225. The Morgan fingerprint density at radius 2 is 1.03 bits per heavy atom. The van der Waals surface area contributed by atoms with Crippen LogP contribution in [-0.4, -0.2) is 47.4 Å². The molecule has 3 rings (SSSR count). The van der Waals surface area contributed by atoms with Crippen LogP contribution in [-0.2, 0) is 33.1 Å². The zero-order chi connectivity index (χ0) is 20.4. The molecular weight excluding hydrogens is 450 g/mol. The van der Waals surface area contributed by atoms with Crippen LogP contribution in [0.5, 0.6) is 0 Å². The Labute approximate surface area is 220 Å². The van der Waals surface area contributed by atoms with E-state index in [1.54, 1.807) is 12.1 Å². The number of aryl methyl sites for hydroxylation is 2. The summed E-state index contributed by atoms with van der Waals surface area (Å²) in [5.74, 6) is -0.967. The van der Waals surface area contributed by atoms with Crippen molar-refractivity contribution >= 4 is 42.3 Å². The summed E-state index contributed by atoms with van der Waals surface area (Å²) in [6.45, 7) is 0. The Morgan fingerprint density at radius 3 is 1.37 bits per heavy atom. The molecule has 0 saturated heterocycles. The molecule has 0 aliphatic rings. The van der Waals surface area contributed by atoms with E-state index in [-0.39, 0.29) is 72.0 Å². The molecule has 0 aliphatic carbocycles. The fraction of sp³-hybridized carbons (Fsp3) is 0.333. The number of benzene rings is 2. The summed E-state index contributed by atoms with van der Waals surface area (Å²) in [5.41, 5.74) is 4.22. The van der Waals surface area contributed by atoms with Crippen LogP contribution in [0.4, 0.5) is 0 Å². The van der Waals surface area contributed by atoms with E-state index in [9.17, 15) is 25.9 Å². The number of hydrogen-bond acceptors (Lipinski definition) is 8. The van der Waals surface area contributed by atoms with Crippen molar-refractivity contribution < 1.29 is 85.1 Å². The van der Waals surface area contributed by atoms with Gasteiger partial charge in [0.05, 0.1) is 42.3 Å². The van der Waals surface area contributed by atoms with Gasteiger partial charge >= 0.3 is 59.1 Å². The average molecular weight is 468 g/mol. The maximum Gasteiger partial charge on any atom is 1.00 e. The van der Waals surface area contributed by atoms with Gasteiger partial charge < -0.3 is 9.11 Å². The van der Waals surface area contributed by atoms with Gasteiger partial charge in [-0.2, -0.15) is 0 Å². The van der Waals surface area contributed by atoms with Crippen molar-refractivity contribution in [1.82, 2.24) is 9.97 Å². The number of rotatable bonds is 8. The van der Waals surface area contributed by atoms with E-state index in [0.29, 0.717) is 34.9 Å². The Morgan fingerprint density at radius 1 is 0.667 bits per heavy atom. The van der Waals surface area contributed by atoms with Crippen LogP contribution in [0, 0.1) is 0 Å². The molecule has 0 radical (unpaired) electrons. The first-order chi connectivity index (χ1) is 13.1. The topological polar surface area (TPSA) is 140 Å². The Hall–Kier alpha value is -0.140. The van der Waals surface area contributed by atoms with Gasteiger partial charge in [-0.15, -0.1) is 0 Å². The fourth-order valence-corrected chi connectivity index (χ4v) is 4.10. The van der Waals surface area contributed by atoms with Crippen LogP contribution in [0.2, 0.25) is 0 Å². The van der Waals surface area contributed by atoms with Gasteiger partial charge in [0.25, 0.3) is 0 Å². The molecule has 0 aliphatic heterocycles. The molecule has 0 bridgehead atoms. The van der Waals surface area contributed by atoms with Crippen molar-refractivity contribution in [1.29, 1.82) is 0 Å². The number of para-hydroxylation sites is 2. The van der Waals surface area contributed by atoms with Gasteiger partial charge in [-0.1, -0.05) is 12.1 Å². The number of aromatic nitrogens is 2. The summed E-state index contributed by atoms with van der Waals surface area (Å²) >= 11 is 0. The van der Waals surface area contributed by atoms with Crippen LogP contribution in [0.3, 0.4) is 0 Å². The van der Waals surface area contributed by atoms with Gasteiger partial charge in [0.2, 0.25) is 0 Å². The van der Waals surface area contributed by atoms with Crippen molar-refractivity contribution in [3.8, 4) is 0 Å². The van der Waals surface area contributed by atoms with E-state index in [2.05, 4.69) is 9.97 Å². The molecule has 0 unspecified atom stereocenters. The second kappa shape index (κ2) is 11.6. The van der Waals surface area contributed by atoms with E-state index in [1.807, 2.05) is 24.3 Å². The summed E-state index contributed by atoms with van der Waals surface area (Å²) in [4.78, 5) is 9.13. The first-order valence-corrected chi connectivity index (χ1v) is 11.8. The molecule has 2 aromatic carbocycles. The van der Waals surface area contributed by atoms with Gasteiger partial charge in [-0.3, -0.25) is 0 Å². The molecule has 0 N–H and O–H groups in total. The molecule has 12 heteroatoms. The maximum absolute atomic E-state index is 10.9. The minimum atomic E-state index is -4.31. The minimum absolute atomic E-state index is 0. The van der Waals surface area contributed by atoms with Crippen molar-refractivity contribution in [3.63, 3.8) is 0 Å².